The van der Waals surface area contributed by atoms with Gasteiger partial charge in [-0.1, -0.05) is 0 Å². The van der Waals surface area contributed by atoms with Gasteiger partial charge < -0.3 is 10.1 Å². The van der Waals surface area contributed by atoms with Gasteiger partial charge >= 0.3 is 0 Å². The minimum absolute atomic E-state index is 0.464. The molecule has 1 aliphatic rings. The summed E-state index contributed by atoms with van der Waals surface area (Å²) in [5, 5.41) is 3.25. The van der Waals surface area contributed by atoms with Crippen LogP contribution in [0.15, 0.2) is 12.3 Å². The van der Waals surface area contributed by atoms with Crippen molar-refractivity contribution in [2.75, 3.05) is 13.2 Å². The van der Waals surface area contributed by atoms with E-state index in [1.807, 2.05) is 13.0 Å². The Morgan fingerprint density at radius 3 is 3.00 bits per heavy atom. The molecule has 0 aliphatic carbocycles. The van der Waals surface area contributed by atoms with E-state index in [0.717, 1.165) is 24.3 Å². The van der Waals surface area contributed by atoms with Gasteiger partial charge in [0.15, 0.2) is 0 Å². The topological polar surface area (TPSA) is 34.1 Å². The first kappa shape index (κ1) is 10.4. The van der Waals surface area contributed by atoms with E-state index in [-0.39, 0.29) is 0 Å². The summed E-state index contributed by atoms with van der Waals surface area (Å²) in [6.07, 6.45) is 2.75. The zero-order valence-electron chi connectivity index (χ0n) is 8.79. The Morgan fingerprint density at radius 2 is 2.47 bits per heavy atom. The van der Waals surface area contributed by atoms with Crippen LogP contribution in [0, 0.1) is 6.92 Å². The quantitative estimate of drug-likeness (QED) is 0.819. The van der Waals surface area contributed by atoms with Crippen LogP contribution in [0.5, 0.6) is 5.75 Å². The third kappa shape index (κ3) is 2.45. The minimum Gasteiger partial charge on any atom is -0.490 e. The summed E-state index contributed by atoms with van der Waals surface area (Å²) >= 11 is 0. The molecule has 0 amide bonds. The van der Waals surface area contributed by atoms with E-state index in [2.05, 4.69) is 10.3 Å². The van der Waals surface area contributed by atoms with Crippen LogP contribution >= 0.6 is 0 Å². The van der Waals surface area contributed by atoms with Crippen molar-refractivity contribution in [2.45, 2.75) is 26.1 Å². The normalized spacial score (nSPS) is 19.7. The van der Waals surface area contributed by atoms with Crippen molar-refractivity contribution in [3.8, 4) is 5.75 Å². The molecule has 0 aromatic carbocycles. The van der Waals surface area contributed by atoms with Crippen molar-refractivity contribution in [1.82, 2.24) is 10.3 Å². The molecule has 1 aromatic rings. The Bertz CT molecular complexity index is 339. The summed E-state index contributed by atoms with van der Waals surface area (Å²) in [5.74, 6) is 0.721. The summed E-state index contributed by atoms with van der Waals surface area (Å²) in [5.41, 5.74) is 1.33. The number of rotatable bonds is 4. The molecule has 0 radical (unpaired) electrons. The van der Waals surface area contributed by atoms with Gasteiger partial charge in [0, 0.05) is 6.04 Å². The monoisotopic (exact) mass is 210 g/mol. The number of aryl methyl sites for hydroxylation is 1. The van der Waals surface area contributed by atoms with Crippen LogP contribution in [0.4, 0.5) is 4.39 Å². The highest BCUT2D eigenvalue weighted by molar-refractivity contribution is 5.28. The van der Waals surface area contributed by atoms with Crippen LogP contribution in [-0.2, 0) is 6.67 Å². The number of hydrogen-bond acceptors (Lipinski definition) is 3. The summed E-state index contributed by atoms with van der Waals surface area (Å²) in [6, 6.07) is 2.30. The lowest BCUT2D eigenvalue weighted by molar-refractivity contribution is 0.216. The molecule has 1 aromatic heterocycles. The number of hydrogen-bond donors (Lipinski definition) is 1. The van der Waals surface area contributed by atoms with Gasteiger partial charge in [-0.25, -0.2) is 4.39 Å². The first-order valence-electron chi connectivity index (χ1n) is 5.17. The van der Waals surface area contributed by atoms with Crippen molar-refractivity contribution < 1.29 is 9.13 Å². The van der Waals surface area contributed by atoms with Crippen LogP contribution in [0.25, 0.3) is 0 Å². The fourth-order valence-corrected chi connectivity index (χ4v) is 1.48. The summed E-state index contributed by atoms with van der Waals surface area (Å²) in [6.45, 7) is 3.06. The fourth-order valence-electron chi connectivity index (χ4n) is 1.48. The smallest absolute Gasteiger partial charge is 0.137 e. The SMILES string of the molecule is Cc1cc(OCC2CCN2)cnc1CF. The third-order valence-corrected chi connectivity index (χ3v) is 2.67. The highest BCUT2D eigenvalue weighted by atomic mass is 19.1. The van der Waals surface area contributed by atoms with Crippen molar-refractivity contribution >= 4 is 0 Å². The Labute approximate surface area is 88.7 Å². The molecule has 2 heterocycles. The molecule has 0 bridgehead atoms. The minimum atomic E-state index is -0.518. The van der Waals surface area contributed by atoms with Gasteiger partial charge in [-0.05, 0) is 31.5 Å². The molecular formula is C11H15FN2O. The first-order chi connectivity index (χ1) is 7.29. The summed E-state index contributed by atoms with van der Waals surface area (Å²) < 4.78 is 17.9. The van der Waals surface area contributed by atoms with E-state index in [0.29, 0.717) is 18.3 Å². The molecular weight excluding hydrogens is 195 g/mol. The average molecular weight is 210 g/mol. The average Bonchev–Trinajstić information content (AvgIpc) is 2.16. The van der Waals surface area contributed by atoms with E-state index in [9.17, 15) is 4.39 Å². The second-order valence-electron chi connectivity index (χ2n) is 3.82. The largest absolute Gasteiger partial charge is 0.490 e. The van der Waals surface area contributed by atoms with Gasteiger partial charge in [-0.3, -0.25) is 4.98 Å². The Kier molecular flexibility index (Phi) is 3.16. The summed E-state index contributed by atoms with van der Waals surface area (Å²) in [4.78, 5) is 4.00. The lowest BCUT2D eigenvalue weighted by Gasteiger charge is -2.27. The molecule has 1 unspecified atom stereocenters. The van der Waals surface area contributed by atoms with Crippen LogP contribution in [0.1, 0.15) is 17.7 Å². The van der Waals surface area contributed by atoms with Gasteiger partial charge in [0.05, 0.1) is 11.9 Å². The number of nitrogens with zero attached hydrogens (tertiary/aromatic N) is 1. The number of alkyl halides is 1. The Morgan fingerprint density at radius 1 is 1.67 bits per heavy atom. The number of halogens is 1. The zero-order chi connectivity index (χ0) is 10.7. The van der Waals surface area contributed by atoms with Crippen molar-refractivity contribution in [2.24, 2.45) is 0 Å². The lowest BCUT2D eigenvalue weighted by atomic mass is 10.1. The molecule has 82 valence electrons. The molecule has 1 aliphatic heterocycles. The highest BCUT2D eigenvalue weighted by Crippen LogP contribution is 2.16. The van der Waals surface area contributed by atoms with Crippen LogP contribution < -0.4 is 10.1 Å². The molecule has 15 heavy (non-hydrogen) atoms. The molecule has 1 N–H and O–H groups in total. The number of nitrogens with one attached hydrogen (secondary N) is 1. The molecule has 1 fully saturated rings. The maximum absolute atomic E-state index is 12.4. The second-order valence-corrected chi connectivity index (χ2v) is 3.82. The maximum Gasteiger partial charge on any atom is 0.137 e. The van der Waals surface area contributed by atoms with Gasteiger partial charge in [-0.2, -0.15) is 0 Å². The molecule has 4 heteroatoms. The summed E-state index contributed by atoms with van der Waals surface area (Å²) in [7, 11) is 0. The molecule has 0 saturated carbocycles. The fraction of sp³-hybridized carbons (Fsp3) is 0.545. The molecule has 3 nitrogen and oxygen atoms in total. The Balaban J connectivity index is 1.93. The van der Waals surface area contributed by atoms with Gasteiger partial charge in [0.2, 0.25) is 0 Å². The lowest BCUT2D eigenvalue weighted by Crippen LogP contribution is -2.46. The standard InChI is InChI=1S/C11H15FN2O/c1-8-4-10(6-14-11(8)5-12)15-7-9-2-3-13-9/h4,6,9,13H,2-3,5,7H2,1H3. The molecule has 2 rings (SSSR count). The number of pyridine rings is 1. The van der Waals surface area contributed by atoms with E-state index < -0.39 is 6.67 Å². The van der Waals surface area contributed by atoms with Gasteiger partial charge in [0.1, 0.15) is 19.0 Å². The number of ether oxygens (including phenoxy) is 1. The van der Waals surface area contributed by atoms with E-state index in [4.69, 9.17) is 4.74 Å². The van der Waals surface area contributed by atoms with Crippen LogP contribution in [0.3, 0.4) is 0 Å². The van der Waals surface area contributed by atoms with Crippen LogP contribution in [0.2, 0.25) is 0 Å². The van der Waals surface area contributed by atoms with Crippen molar-refractivity contribution in [1.29, 1.82) is 0 Å². The van der Waals surface area contributed by atoms with Crippen molar-refractivity contribution in [3.05, 3.63) is 23.5 Å². The van der Waals surface area contributed by atoms with E-state index in [1.165, 1.54) is 0 Å². The predicted octanol–water partition coefficient (Wildman–Crippen LogP) is 1.60. The first-order valence-corrected chi connectivity index (χ1v) is 5.17. The van der Waals surface area contributed by atoms with Gasteiger partial charge in [-0.15, -0.1) is 0 Å². The second kappa shape index (κ2) is 4.57. The predicted molar refractivity (Wildman–Crippen MR) is 55.7 cm³/mol. The maximum atomic E-state index is 12.4. The third-order valence-electron chi connectivity index (χ3n) is 2.67. The van der Waals surface area contributed by atoms with E-state index >= 15 is 0 Å². The molecule has 0 spiro atoms. The molecule has 1 atom stereocenters. The highest BCUT2D eigenvalue weighted by Gasteiger charge is 2.16. The zero-order valence-corrected chi connectivity index (χ0v) is 8.79. The van der Waals surface area contributed by atoms with E-state index in [1.54, 1.807) is 6.20 Å². The molecule has 1 saturated heterocycles. The van der Waals surface area contributed by atoms with Gasteiger partial charge in [0.25, 0.3) is 0 Å². The van der Waals surface area contributed by atoms with Crippen molar-refractivity contribution in [3.63, 3.8) is 0 Å². The number of aromatic nitrogens is 1. The Hall–Kier alpha value is -1.16. The van der Waals surface area contributed by atoms with Crippen LogP contribution in [-0.4, -0.2) is 24.2 Å².